The van der Waals surface area contributed by atoms with Crippen molar-refractivity contribution in [3.05, 3.63) is 23.8 Å². The van der Waals surface area contributed by atoms with Crippen LogP contribution in [-0.2, 0) is 0 Å². The highest BCUT2D eigenvalue weighted by Crippen LogP contribution is 2.31. The lowest BCUT2D eigenvalue weighted by molar-refractivity contribution is 0.0713. The molecule has 2 aliphatic rings. The quantitative estimate of drug-likeness (QED) is 0.852. The molecule has 0 aliphatic carbocycles. The van der Waals surface area contributed by atoms with E-state index in [9.17, 15) is 4.79 Å². The zero-order valence-corrected chi connectivity index (χ0v) is 12.0. The molecule has 0 spiro atoms. The van der Waals surface area contributed by atoms with Crippen LogP contribution >= 0.6 is 12.4 Å². The lowest BCUT2D eigenvalue weighted by Gasteiger charge is -2.30. The maximum Gasteiger partial charge on any atom is 0.253 e. The van der Waals surface area contributed by atoms with Crippen molar-refractivity contribution >= 4 is 18.3 Å². The predicted molar refractivity (Wildman–Crippen MR) is 77.8 cm³/mol. The Kier molecular flexibility index (Phi) is 4.73. The molecule has 1 fully saturated rings. The van der Waals surface area contributed by atoms with Crippen LogP contribution in [0.2, 0.25) is 0 Å². The minimum absolute atomic E-state index is 0. The molecule has 2 N–H and O–H groups in total. The van der Waals surface area contributed by atoms with Crippen molar-refractivity contribution in [3.63, 3.8) is 0 Å². The van der Waals surface area contributed by atoms with Crippen LogP contribution in [0.15, 0.2) is 18.2 Å². The summed E-state index contributed by atoms with van der Waals surface area (Å²) in [7, 11) is 0. The van der Waals surface area contributed by atoms with E-state index in [1.165, 1.54) is 0 Å². The van der Waals surface area contributed by atoms with Gasteiger partial charge in [0, 0.05) is 24.7 Å². The number of halogens is 1. The van der Waals surface area contributed by atoms with Crippen molar-refractivity contribution in [1.29, 1.82) is 0 Å². The molecule has 1 amide bonds. The van der Waals surface area contributed by atoms with Crippen LogP contribution < -0.4 is 15.2 Å². The molecular weight excluding hydrogens is 280 g/mol. The molecule has 6 heteroatoms. The van der Waals surface area contributed by atoms with E-state index in [0.29, 0.717) is 30.3 Å². The molecule has 0 radical (unpaired) electrons. The van der Waals surface area contributed by atoms with E-state index in [0.717, 1.165) is 25.9 Å². The van der Waals surface area contributed by atoms with E-state index < -0.39 is 0 Å². The van der Waals surface area contributed by atoms with Gasteiger partial charge in [-0.25, -0.2) is 0 Å². The van der Waals surface area contributed by atoms with Gasteiger partial charge in [0.05, 0.1) is 0 Å². The zero-order chi connectivity index (χ0) is 13.2. The summed E-state index contributed by atoms with van der Waals surface area (Å²) in [4.78, 5) is 14.2. The lowest BCUT2D eigenvalue weighted by Crippen LogP contribution is -2.42. The van der Waals surface area contributed by atoms with Gasteiger partial charge in [-0.05, 0) is 31.0 Å². The molecule has 0 saturated carbocycles. The molecule has 3 rings (SSSR count). The SMILES string of the molecule is Cl.NC1CCN(C(=O)c2ccc3c(c2)OCCO3)CC1. The third kappa shape index (κ3) is 2.99. The molecular formula is C14H19ClN2O3. The van der Waals surface area contributed by atoms with Crippen LogP contribution in [0.4, 0.5) is 0 Å². The number of piperidine rings is 1. The lowest BCUT2D eigenvalue weighted by atomic mass is 10.0. The van der Waals surface area contributed by atoms with Crippen LogP contribution in [0.1, 0.15) is 23.2 Å². The highest BCUT2D eigenvalue weighted by Gasteiger charge is 2.23. The summed E-state index contributed by atoms with van der Waals surface area (Å²) in [5, 5.41) is 0. The second kappa shape index (κ2) is 6.33. The normalized spacial score (nSPS) is 18.4. The Morgan fingerprint density at radius 1 is 1.15 bits per heavy atom. The van der Waals surface area contributed by atoms with Gasteiger partial charge >= 0.3 is 0 Å². The summed E-state index contributed by atoms with van der Waals surface area (Å²) in [6.45, 7) is 2.55. The van der Waals surface area contributed by atoms with E-state index in [-0.39, 0.29) is 24.4 Å². The Balaban J connectivity index is 0.00000147. The Hall–Kier alpha value is -1.46. The molecule has 2 aliphatic heterocycles. The van der Waals surface area contributed by atoms with Crippen molar-refractivity contribution in [2.24, 2.45) is 5.73 Å². The van der Waals surface area contributed by atoms with Crippen molar-refractivity contribution in [2.75, 3.05) is 26.3 Å². The number of hydrogen-bond acceptors (Lipinski definition) is 4. The Morgan fingerprint density at radius 2 is 1.80 bits per heavy atom. The van der Waals surface area contributed by atoms with Gasteiger partial charge in [-0.3, -0.25) is 4.79 Å². The number of hydrogen-bond donors (Lipinski definition) is 1. The summed E-state index contributed by atoms with van der Waals surface area (Å²) in [6, 6.07) is 5.59. The minimum atomic E-state index is 0. The number of nitrogens with zero attached hydrogens (tertiary/aromatic N) is 1. The molecule has 0 atom stereocenters. The number of amides is 1. The van der Waals surface area contributed by atoms with Gasteiger partial charge in [0.25, 0.3) is 5.91 Å². The second-order valence-corrected chi connectivity index (χ2v) is 4.99. The Morgan fingerprint density at radius 3 is 2.50 bits per heavy atom. The summed E-state index contributed by atoms with van der Waals surface area (Å²) < 4.78 is 11.0. The monoisotopic (exact) mass is 298 g/mol. The van der Waals surface area contributed by atoms with Crippen LogP contribution in [0.3, 0.4) is 0 Å². The van der Waals surface area contributed by atoms with E-state index in [1.54, 1.807) is 18.2 Å². The van der Waals surface area contributed by atoms with Gasteiger partial charge in [-0.15, -0.1) is 12.4 Å². The first-order chi connectivity index (χ1) is 9.24. The van der Waals surface area contributed by atoms with E-state index in [1.807, 2.05) is 4.90 Å². The molecule has 0 aromatic heterocycles. The van der Waals surface area contributed by atoms with Crippen LogP contribution in [0, 0.1) is 0 Å². The van der Waals surface area contributed by atoms with Crippen molar-refractivity contribution in [1.82, 2.24) is 4.90 Å². The van der Waals surface area contributed by atoms with Crippen molar-refractivity contribution in [2.45, 2.75) is 18.9 Å². The molecule has 1 saturated heterocycles. The van der Waals surface area contributed by atoms with Crippen LogP contribution in [-0.4, -0.2) is 43.2 Å². The number of likely N-dealkylation sites (tertiary alicyclic amines) is 1. The van der Waals surface area contributed by atoms with Gasteiger partial charge < -0.3 is 20.1 Å². The average Bonchev–Trinajstić information content (AvgIpc) is 2.47. The number of nitrogens with two attached hydrogens (primary N) is 1. The second-order valence-electron chi connectivity index (χ2n) is 4.99. The average molecular weight is 299 g/mol. The number of ether oxygens (including phenoxy) is 2. The number of carbonyl (C=O) groups excluding carboxylic acids is 1. The first kappa shape index (κ1) is 14.9. The number of carbonyl (C=O) groups is 1. The molecule has 20 heavy (non-hydrogen) atoms. The zero-order valence-electron chi connectivity index (χ0n) is 11.2. The predicted octanol–water partition coefficient (Wildman–Crippen LogP) is 1.44. The van der Waals surface area contributed by atoms with Crippen molar-refractivity contribution < 1.29 is 14.3 Å². The fraction of sp³-hybridized carbons (Fsp3) is 0.500. The van der Waals surface area contributed by atoms with E-state index >= 15 is 0 Å². The molecule has 5 nitrogen and oxygen atoms in total. The third-order valence-corrected chi connectivity index (χ3v) is 3.62. The summed E-state index contributed by atoms with van der Waals surface area (Å²) in [5.41, 5.74) is 6.50. The molecule has 1 aromatic rings. The summed E-state index contributed by atoms with van der Waals surface area (Å²) in [6.07, 6.45) is 1.74. The highest BCUT2D eigenvalue weighted by molar-refractivity contribution is 5.95. The van der Waals surface area contributed by atoms with Gasteiger partial charge in [0.2, 0.25) is 0 Å². The van der Waals surface area contributed by atoms with Gasteiger partial charge in [0.1, 0.15) is 13.2 Å². The van der Waals surface area contributed by atoms with Gasteiger partial charge in [-0.1, -0.05) is 0 Å². The molecule has 110 valence electrons. The molecule has 2 heterocycles. The van der Waals surface area contributed by atoms with E-state index in [4.69, 9.17) is 15.2 Å². The smallest absolute Gasteiger partial charge is 0.253 e. The first-order valence-electron chi connectivity index (χ1n) is 6.68. The summed E-state index contributed by atoms with van der Waals surface area (Å²) in [5.74, 6) is 1.41. The van der Waals surface area contributed by atoms with Crippen LogP contribution in [0.25, 0.3) is 0 Å². The topological polar surface area (TPSA) is 64.8 Å². The van der Waals surface area contributed by atoms with Gasteiger partial charge in [0.15, 0.2) is 11.5 Å². The van der Waals surface area contributed by atoms with Gasteiger partial charge in [-0.2, -0.15) is 0 Å². The fourth-order valence-electron chi connectivity index (χ4n) is 2.46. The first-order valence-corrected chi connectivity index (χ1v) is 6.68. The Labute approximate surface area is 124 Å². The fourth-order valence-corrected chi connectivity index (χ4v) is 2.46. The Bertz CT molecular complexity index is 487. The highest BCUT2D eigenvalue weighted by atomic mass is 35.5. The maximum absolute atomic E-state index is 12.4. The molecule has 1 aromatic carbocycles. The maximum atomic E-state index is 12.4. The number of fused-ring (bicyclic) bond motifs is 1. The van der Waals surface area contributed by atoms with Crippen molar-refractivity contribution in [3.8, 4) is 11.5 Å². The number of benzene rings is 1. The minimum Gasteiger partial charge on any atom is -0.486 e. The third-order valence-electron chi connectivity index (χ3n) is 3.62. The van der Waals surface area contributed by atoms with Crippen LogP contribution in [0.5, 0.6) is 11.5 Å². The largest absolute Gasteiger partial charge is 0.486 e. The number of rotatable bonds is 1. The molecule has 0 bridgehead atoms. The van der Waals surface area contributed by atoms with E-state index in [2.05, 4.69) is 0 Å². The molecule has 0 unspecified atom stereocenters. The standard InChI is InChI=1S/C14H18N2O3.ClH/c15-11-3-5-16(6-4-11)14(17)10-1-2-12-13(9-10)19-8-7-18-12;/h1-2,9,11H,3-8,15H2;1H. The summed E-state index contributed by atoms with van der Waals surface area (Å²) >= 11 is 0.